The third kappa shape index (κ3) is 4.37. The van der Waals surface area contributed by atoms with Crippen LogP contribution in [0.2, 0.25) is 0 Å². The lowest BCUT2D eigenvalue weighted by molar-refractivity contribution is 1.18. The van der Waals surface area contributed by atoms with E-state index in [9.17, 15) is 0 Å². The monoisotopic (exact) mass is 734 g/mol. The van der Waals surface area contributed by atoms with Crippen molar-refractivity contribution >= 4 is 114 Å². The number of nitrogens with zero attached hydrogens (tertiary/aromatic N) is 2. The van der Waals surface area contributed by atoms with E-state index in [0.717, 1.165) is 22.7 Å². The number of anilines is 3. The van der Waals surface area contributed by atoms with Gasteiger partial charge in [0.25, 0.3) is 0 Å². The fraction of sp³-hybridized carbons (Fsp3) is 0. The molecule has 58 heavy (non-hydrogen) atoms. The van der Waals surface area contributed by atoms with Gasteiger partial charge < -0.3 is 9.47 Å². The summed E-state index contributed by atoms with van der Waals surface area (Å²) < 4.78 is 2.39. The van der Waals surface area contributed by atoms with Crippen LogP contribution in [0.15, 0.2) is 206 Å². The minimum absolute atomic E-state index is 1.12. The third-order valence-corrected chi connectivity index (χ3v) is 12.6. The van der Waals surface area contributed by atoms with E-state index in [0.29, 0.717) is 0 Å². The Kier molecular flexibility index (Phi) is 6.47. The maximum atomic E-state index is 2.50. The van der Waals surface area contributed by atoms with Gasteiger partial charge in [-0.3, -0.25) is 0 Å². The van der Waals surface area contributed by atoms with Crippen molar-refractivity contribution in [3.63, 3.8) is 0 Å². The molecule has 12 aromatic carbocycles. The molecule has 13 aromatic rings. The number of hydrogen-bond donors (Lipinski definition) is 0. The number of fused-ring (bicyclic) bond motifs is 6. The Labute approximate surface area is 334 Å². The van der Waals surface area contributed by atoms with Crippen LogP contribution in [0.1, 0.15) is 0 Å². The summed E-state index contributed by atoms with van der Waals surface area (Å²) in [4.78, 5) is 2.50. The van der Waals surface area contributed by atoms with E-state index in [-0.39, 0.29) is 0 Å². The van der Waals surface area contributed by atoms with Crippen molar-refractivity contribution in [3.8, 4) is 5.69 Å². The molecule has 0 saturated carbocycles. The maximum Gasteiger partial charge on any atom is 0.0542 e. The average molecular weight is 735 g/mol. The maximum absolute atomic E-state index is 2.50. The van der Waals surface area contributed by atoms with E-state index in [1.54, 1.807) is 0 Å². The lowest BCUT2D eigenvalue weighted by Crippen LogP contribution is -2.10. The molecule has 0 aliphatic carbocycles. The summed E-state index contributed by atoms with van der Waals surface area (Å²) in [5.74, 6) is 0. The molecule has 2 nitrogen and oxygen atoms in total. The zero-order valence-corrected chi connectivity index (χ0v) is 31.5. The highest BCUT2D eigenvalue weighted by atomic mass is 15.1. The molecule has 268 valence electrons. The molecular formula is C56H34N2. The normalized spacial score (nSPS) is 12.1. The smallest absolute Gasteiger partial charge is 0.0542 e. The predicted molar refractivity (Wildman–Crippen MR) is 249 cm³/mol. The third-order valence-electron chi connectivity index (χ3n) is 12.6. The Morgan fingerprint density at radius 1 is 0.276 bits per heavy atom. The van der Waals surface area contributed by atoms with Gasteiger partial charge in [0.15, 0.2) is 0 Å². The predicted octanol–water partition coefficient (Wildman–Crippen LogP) is 15.8. The molecule has 1 heterocycles. The molecule has 0 radical (unpaired) electrons. The highest BCUT2D eigenvalue weighted by molar-refractivity contribution is 6.37. The Morgan fingerprint density at radius 2 is 0.776 bits per heavy atom. The first kappa shape index (κ1) is 31.5. The van der Waals surface area contributed by atoms with Crippen LogP contribution < -0.4 is 4.90 Å². The summed E-state index contributed by atoms with van der Waals surface area (Å²) in [7, 11) is 0. The molecule has 0 bridgehead atoms. The van der Waals surface area contributed by atoms with Crippen molar-refractivity contribution in [1.29, 1.82) is 0 Å². The average Bonchev–Trinajstić information content (AvgIpc) is 3.61. The molecule has 0 saturated heterocycles. The first-order valence-corrected chi connectivity index (χ1v) is 20.1. The van der Waals surface area contributed by atoms with E-state index in [1.807, 2.05) is 0 Å². The van der Waals surface area contributed by atoms with Gasteiger partial charge in [-0.25, -0.2) is 0 Å². The number of aromatic nitrogens is 1. The molecule has 0 fully saturated rings. The van der Waals surface area contributed by atoms with E-state index in [4.69, 9.17) is 0 Å². The minimum Gasteiger partial charge on any atom is -0.310 e. The largest absolute Gasteiger partial charge is 0.310 e. The van der Waals surface area contributed by atoms with Crippen LogP contribution in [0.25, 0.3) is 103 Å². The summed E-state index contributed by atoms with van der Waals surface area (Å²) in [6, 6.07) is 76.6. The van der Waals surface area contributed by atoms with Crippen molar-refractivity contribution in [2.45, 2.75) is 0 Å². The Balaban J connectivity index is 1.19. The van der Waals surface area contributed by atoms with Crippen molar-refractivity contribution in [3.05, 3.63) is 206 Å². The van der Waals surface area contributed by atoms with Gasteiger partial charge in [-0.1, -0.05) is 152 Å². The molecule has 2 heteroatoms. The minimum atomic E-state index is 1.12. The Bertz CT molecular complexity index is 3790. The van der Waals surface area contributed by atoms with Crippen LogP contribution in [-0.4, -0.2) is 4.57 Å². The topological polar surface area (TPSA) is 8.17 Å². The molecule has 13 rings (SSSR count). The standard InChI is InChI=1S/C56H34N2/c1-2-17-40(18-3-1)58-51-24-7-6-20-44(51)48-33-41(30-31-52(48)58)57(50-25-11-13-35-12-4-5-19-43(35)50)42-32-39-29-28-38-15-9-22-46-45-21-8-14-36-26-27-37-16-10-23-47(55(37)53(36)45)49(34-42)56(39)54(38)46/h1-34H. The first-order valence-electron chi connectivity index (χ1n) is 20.1. The molecule has 0 unspecified atom stereocenters. The second-order valence-electron chi connectivity index (χ2n) is 15.7. The fourth-order valence-electron chi connectivity index (χ4n) is 10.2. The van der Waals surface area contributed by atoms with Crippen molar-refractivity contribution in [2.75, 3.05) is 4.90 Å². The van der Waals surface area contributed by atoms with Crippen LogP contribution in [0.5, 0.6) is 0 Å². The molecule has 0 aliphatic rings. The van der Waals surface area contributed by atoms with Gasteiger partial charge in [-0.05, 0) is 125 Å². The molecule has 0 amide bonds. The van der Waals surface area contributed by atoms with E-state index in [1.165, 1.54) is 97.2 Å². The van der Waals surface area contributed by atoms with Gasteiger partial charge >= 0.3 is 0 Å². The molecule has 0 aliphatic heterocycles. The van der Waals surface area contributed by atoms with Crippen LogP contribution in [0.3, 0.4) is 0 Å². The fourth-order valence-corrected chi connectivity index (χ4v) is 10.2. The highest BCUT2D eigenvalue weighted by Gasteiger charge is 2.22. The number of benzene rings is 11. The van der Waals surface area contributed by atoms with Gasteiger partial charge in [0.05, 0.1) is 16.7 Å². The number of rotatable bonds is 4. The first-order chi connectivity index (χ1) is 28.8. The summed E-state index contributed by atoms with van der Waals surface area (Å²) in [5, 5.41) is 20.2. The van der Waals surface area contributed by atoms with E-state index < -0.39 is 0 Å². The molecule has 1 aromatic heterocycles. The zero-order chi connectivity index (χ0) is 37.9. The van der Waals surface area contributed by atoms with Crippen molar-refractivity contribution in [2.24, 2.45) is 0 Å². The summed E-state index contributed by atoms with van der Waals surface area (Å²) in [6.07, 6.45) is 0. The van der Waals surface area contributed by atoms with Gasteiger partial charge in [-0.15, -0.1) is 0 Å². The Morgan fingerprint density at radius 3 is 1.50 bits per heavy atom. The van der Waals surface area contributed by atoms with Crippen molar-refractivity contribution in [1.82, 2.24) is 4.57 Å². The molecule has 0 atom stereocenters. The zero-order valence-electron chi connectivity index (χ0n) is 31.5. The van der Waals surface area contributed by atoms with Crippen LogP contribution in [0.4, 0.5) is 17.1 Å². The molecule has 0 N–H and O–H groups in total. The van der Waals surface area contributed by atoms with Gasteiger partial charge in [-0.2, -0.15) is 0 Å². The Hall–Kier alpha value is -7.68. The number of hydrogen-bond acceptors (Lipinski definition) is 1. The lowest BCUT2D eigenvalue weighted by Gasteiger charge is -2.28. The van der Waals surface area contributed by atoms with Crippen molar-refractivity contribution < 1.29 is 0 Å². The lowest BCUT2D eigenvalue weighted by atomic mass is 9.87. The quantitative estimate of drug-likeness (QED) is 0.163. The van der Waals surface area contributed by atoms with Crippen LogP contribution in [-0.2, 0) is 0 Å². The van der Waals surface area contributed by atoms with Gasteiger partial charge in [0.2, 0.25) is 0 Å². The van der Waals surface area contributed by atoms with Gasteiger partial charge in [0, 0.05) is 33.2 Å². The summed E-state index contributed by atoms with van der Waals surface area (Å²) >= 11 is 0. The van der Waals surface area contributed by atoms with Gasteiger partial charge in [0.1, 0.15) is 0 Å². The number of para-hydroxylation sites is 2. The van der Waals surface area contributed by atoms with E-state index >= 15 is 0 Å². The van der Waals surface area contributed by atoms with E-state index in [2.05, 4.69) is 216 Å². The molecule has 0 spiro atoms. The molecular weight excluding hydrogens is 701 g/mol. The second-order valence-corrected chi connectivity index (χ2v) is 15.7. The van der Waals surface area contributed by atoms with Crippen LogP contribution in [0, 0.1) is 0 Å². The van der Waals surface area contributed by atoms with Crippen LogP contribution >= 0.6 is 0 Å². The summed E-state index contributed by atoms with van der Waals surface area (Å²) in [5.41, 5.74) is 6.93. The summed E-state index contributed by atoms with van der Waals surface area (Å²) in [6.45, 7) is 0. The second kappa shape index (κ2) is 11.9. The SMILES string of the molecule is c1ccc(-n2c3ccccc3c3cc(N(c4cc5ccc6cccc7c8cccc9ccc%10cccc(c(c4)c5c67)c%10c98)c4cccc5ccccc45)ccc32)cc1. The highest BCUT2D eigenvalue weighted by Crippen LogP contribution is 2.48.